The van der Waals surface area contributed by atoms with Gasteiger partial charge in [-0.15, -0.1) is 0 Å². The van der Waals surface area contributed by atoms with Crippen molar-refractivity contribution in [3.63, 3.8) is 0 Å². The maximum atomic E-state index is 12.9. The van der Waals surface area contributed by atoms with E-state index in [1.165, 1.54) is 31.2 Å². The minimum atomic E-state index is 0.0133. The molecule has 3 atom stereocenters. The lowest BCUT2D eigenvalue weighted by Crippen LogP contribution is -2.45. The highest BCUT2D eigenvalue weighted by Crippen LogP contribution is 2.34. The summed E-state index contributed by atoms with van der Waals surface area (Å²) in [6.07, 6.45) is 6.19. The van der Waals surface area contributed by atoms with Gasteiger partial charge in [0.05, 0.1) is 6.04 Å². The van der Waals surface area contributed by atoms with E-state index in [2.05, 4.69) is 43.4 Å². The summed E-state index contributed by atoms with van der Waals surface area (Å²) in [5.74, 6) is 0.958. The molecule has 1 aliphatic heterocycles. The zero-order valence-corrected chi connectivity index (χ0v) is 13.1. The highest BCUT2D eigenvalue weighted by Gasteiger charge is 2.39. The highest BCUT2D eigenvalue weighted by atomic mass is 16.2. The number of anilines is 1. The molecule has 114 valence electrons. The summed E-state index contributed by atoms with van der Waals surface area (Å²) < 4.78 is 0. The Morgan fingerprint density at radius 1 is 1.24 bits per heavy atom. The molecule has 1 aromatic rings. The molecule has 1 saturated heterocycles. The van der Waals surface area contributed by atoms with Gasteiger partial charge in [0, 0.05) is 18.3 Å². The lowest BCUT2D eigenvalue weighted by molar-refractivity contribution is -0.120. The fourth-order valence-electron chi connectivity index (χ4n) is 3.89. The van der Waals surface area contributed by atoms with Crippen molar-refractivity contribution in [2.45, 2.75) is 58.0 Å². The van der Waals surface area contributed by atoms with Crippen LogP contribution in [0.5, 0.6) is 0 Å². The lowest BCUT2D eigenvalue weighted by atomic mass is 9.85. The molecule has 3 unspecified atom stereocenters. The summed E-state index contributed by atoms with van der Waals surface area (Å²) in [7, 11) is 0. The quantitative estimate of drug-likeness (QED) is 0.925. The summed E-state index contributed by atoms with van der Waals surface area (Å²) in [4.78, 5) is 14.8. The second-order valence-electron chi connectivity index (χ2n) is 6.52. The molecule has 2 fully saturated rings. The number of hydrogen-bond donors (Lipinski definition) is 1. The van der Waals surface area contributed by atoms with Crippen LogP contribution in [0.25, 0.3) is 0 Å². The van der Waals surface area contributed by atoms with E-state index in [0.717, 1.165) is 18.7 Å². The van der Waals surface area contributed by atoms with E-state index in [4.69, 9.17) is 0 Å². The third-order valence-corrected chi connectivity index (χ3v) is 5.09. The van der Waals surface area contributed by atoms with Crippen LogP contribution < -0.4 is 10.2 Å². The molecule has 0 spiro atoms. The Morgan fingerprint density at radius 3 is 2.62 bits per heavy atom. The first-order valence-electron chi connectivity index (χ1n) is 8.33. The Morgan fingerprint density at radius 2 is 1.95 bits per heavy atom. The van der Waals surface area contributed by atoms with Crippen molar-refractivity contribution in [2.75, 3.05) is 11.4 Å². The Hall–Kier alpha value is -1.35. The number of aryl methyl sites for hydroxylation is 1. The van der Waals surface area contributed by atoms with E-state index in [9.17, 15) is 4.79 Å². The third kappa shape index (κ3) is 2.98. The molecule has 0 aromatic heterocycles. The molecule has 1 heterocycles. The maximum absolute atomic E-state index is 12.9. The highest BCUT2D eigenvalue weighted by molar-refractivity contribution is 5.97. The molecule has 0 bridgehead atoms. The summed E-state index contributed by atoms with van der Waals surface area (Å²) in [6, 6.07) is 8.85. The van der Waals surface area contributed by atoms with Gasteiger partial charge in [-0.05, 0) is 51.2 Å². The first kappa shape index (κ1) is 14.6. The second-order valence-corrected chi connectivity index (χ2v) is 6.52. The normalized spacial score (nSPS) is 28.2. The van der Waals surface area contributed by atoms with Crippen molar-refractivity contribution in [2.24, 2.45) is 5.92 Å². The van der Waals surface area contributed by atoms with Gasteiger partial charge in [0.1, 0.15) is 0 Å². The molecule has 1 aromatic carbocycles. The number of benzene rings is 1. The molecule has 3 rings (SSSR count). The first-order valence-corrected chi connectivity index (χ1v) is 8.33. The smallest absolute Gasteiger partial charge is 0.244 e. The SMILES string of the molecule is CCN(C(=O)C1CC2CCCCC2N1)c1ccc(C)cc1. The summed E-state index contributed by atoms with van der Waals surface area (Å²) in [6.45, 7) is 4.86. The van der Waals surface area contributed by atoms with Gasteiger partial charge in [-0.2, -0.15) is 0 Å². The van der Waals surface area contributed by atoms with Gasteiger partial charge in [0.25, 0.3) is 0 Å². The van der Waals surface area contributed by atoms with Gasteiger partial charge in [0.15, 0.2) is 0 Å². The van der Waals surface area contributed by atoms with Crippen LogP contribution in [0.4, 0.5) is 5.69 Å². The van der Waals surface area contributed by atoms with Gasteiger partial charge in [-0.25, -0.2) is 0 Å². The largest absolute Gasteiger partial charge is 0.311 e. The third-order valence-electron chi connectivity index (χ3n) is 5.09. The van der Waals surface area contributed by atoms with Crippen LogP contribution in [0.15, 0.2) is 24.3 Å². The van der Waals surface area contributed by atoms with Crippen LogP contribution in [-0.2, 0) is 4.79 Å². The van der Waals surface area contributed by atoms with Crippen LogP contribution >= 0.6 is 0 Å². The van der Waals surface area contributed by atoms with Crippen molar-refractivity contribution >= 4 is 11.6 Å². The number of carbonyl (C=O) groups excluding carboxylic acids is 1. The minimum Gasteiger partial charge on any atom is -0.311 e. The predicted molar refractivity (Wildman–Crippen MR) is 86.5 cm³/mol. The van der Waals surface area contributed by atoms with Gasteiger partial charge in [0.2, 0.25) is 5.91 Å². The average Bonchev–Trinajstić information content (AvgIpc) is 2.93. The predicted octanol–water partition coefficient (Wildman–Crippen LogP) is 3.27. The standard InChI is InChI=1S/C18H26N2O/c1-3-20(15-10-8-13(2)9-11-15)18(21)17-12-14-6-4-5-7-16(14)19-17/h8-11,14,16-17,19H,3-7,12H2,1-2H3. The van der Waals surface area contributed by atoms with Gasteiger partial charge in [-0.3, -0.25) is 4.79 Å². The Bertz CT molecular complexity index is 482. The van der Waals surface area contributed by atoms with Crippen LogP contribution in [0.1, 0.15) is 44.6 Å². The van der Waals surface area contributed by atoms with E-state index in [1.807, 2.05) is 4.90 Å². The molecule has 1 amide bonds. The van der Waals surface area contributed by atoms with Gasteiger partial charge >= 0.3 is 0 Å². The molecule has 1 aliphatic carbocycles. The average molecular weight is 286 g/mol. The van der Waals surface area contributed by atoms with Crippen molar-refractivity contribution in [3.8, 4) is 0 Å². The number of likely N-dealkylation sites (N-methyl/N-ethyl adjacent to an activating group) is 1. The van der Waals surface area contributed by atoms with Crippen molar-refractivity contribution in [1.29, 1.82) is 0 Å². The fourth-order valence-corrected chi connectivity index (χ4v) is 3.89. The van der Waals surface area contributed by atoms with Gasteiger partial charge in [-0.1, -0.05) is 30.5 Å². The molecule has 3 heteroatoms. The van der Waals surface area contributed by atoms with E-state index < -0.39 is 0 Å². The van der Waals surface area contributed by atoms with Crippen molar-refractivity contribution in [1.82, 2.24) is 5.32 Å². The molecule has 1 N–H and O–H groups in total. The summed E-state index contributed by atoms with van der Waals surface area (Å²) in [5.41, 5.74) is 2.25. The molecule has 0 radical (unpaired) electrons. The summed E-state index contributed by atoms with van der Waals surface area (Å²) >= 11 is 0. The van der Waals surface area contributed by atoms with Crippen LogP contribution in [0, 0.1) is 12.8 Å². The minimum absolute atomic E-state index is 0.0133. The molecule has 21 heavy (non-hydrogen) atoms. The topological polar surface area (TPSA) is 32.3 Å². The summed E-state index contributed by atoms with van der Waals surface area (Å²) in [5, 5.41) is 3.60. The van der Waals surface area contributed by atoms with E-state index in [-0.39, 0.29) is 11.9 Å². The molecular formula is C18H26N2O. The number of fused-ring (bicyclic) bond motifs is 1. The van der Waals surface area contributed by atoms with Crippen LogP contribution in [-0.4, -0.2) is 24.5 Å². The number of nitrogens with one attached hydrogen (secondary N) is 1. The number of carbonyl (C=O) groups is 1. The van der Waals surface area contributed by atoms with E-state index in [1.54, 1.807) is 0 Å². The molecular weight excluding hydrogens is 260 g/mol. The maximum Gasteiger partial charge on any atom is 0.244 e. The Balaban J connectivity index is 1.72. The zero-order valence-electron chi connectivity index (χ0n) is 13.1. The second kappa shape index (κ2) is 6.18. The fraction of sp³-hybridized carbons (Fsp3) is 0.611. The van der Waals surface area contributed by atoms with Crippen molar-refractivity contribution < 1.29 is 4.79 Å². The van der Waals surface area contributed by atoms with Gasteiger partial charge < -0.3 is 10.2 Å². The molecule has 3 nitrogen and oxygen atoms in total. The number of hydrogen-bond acceptors (Lipinski definition) is 2. The number of amides is 1. The lowest BCUT2D eigenvalue weighted by Gasteiger charge is -2.25. The van der Waals surface area contributed by atoms with Crippen LogP contribution in [0.2, 0.25) is 0 Å². The molecule has 2 aliphatic rings. The van der Waals surface area contributed by atoms with Crippen molar-refractivity contribution in [3.05, 3.63) is 29.8 Å². The monoisotopic (exact) mass is 286 g/mol. The van der Waals surface area contributed by atoms with E-state index >= 15 is 0 Å². The Kier molecular flexibility index (Phi) is 4.29. The Labute approximate surface area is 127 Å². The zero-order chi connectivity index (χ0) is 14.8. The molecule has 1 saturated carbocycles. The van der Waals surface area contributed by atoms with Crippen LogP contribution in [0.3, 0.4) is 0 Å². The first-order chi connectivity index (χ1) is 10.2. The number of nitrogens with zero attached hydrogens (tertiary/aromatic N) is 1. The van der Waals surface area contributed by atoms with E-state index in [0.29, 0.717) is 12.0 Å². The number of rotatable bonds is 3.